The summed E-state index contributed by atoms with van der Waals surface area (Å²) in [5.74, 6) is -0.212. The summed E-state index contributed by atoms with van der Waals surface area (Å²) in [6.07, 6.45) is 4.22. The number of aliphatic hydroxyl groups excluding tert-OH is 1. The van der Waals surface area contributed by atoms with E-state index in [1.54, 1.807) is 25.4 Å². The SMILES string of the molecule is Cc1cc(-c2ncccc2Cc2ccnc(CNCO)c2)ccc1F. The van der Waals surface area contributed by atoms with Crippen LogP contribution in [0, 0.1) is 12.7 Å². The number of aromatic nitrogens is 2. The van der Waals surface area contributed by atoms with E-state index in [0.717, 1.165) is 28.1 Å². The van der Waals surface area contributed by atoms with Crippen LogP contribution in [0.4, 0.5) is 4.39 Å². The lowest BCUT2D eigenvalue weighted by Gasteiger charge is -2.11. The Labute approximate surface area is 146 Å². The van der Waals surface area contributed by atoms with Crippen molar-refractivity contribution in [1.82, 2.24) is 15.3 Å². The molecular weight excluding hydrogens is 317 g/mol. The first kappa shape index (κ1) is 17.2. The minimum atomic E-state index is -0.212. The zero-order valence-corrected chi connectivity index (χ0v) is 14.0. The lowest BCUT2D eigenvalue weighted by Crippen LogP contribution is -2.14. The second-order valence-corrected chi connectivity index (χ2v) is 5.89. The summed E-state index contributed by atoms with van der Waals surface area (Å²) in [6.45, 7) is 2.19. The number of hydrogen-bond donors (Lipinski definition) is 2. The van der Waals surface area contributed by atoms with Crippen molar-refractivity contribution in [2.75, 3.05) is 6.73 Å². The van der Waals surface area contributed by atoms with Gasteiger partial charge in [0.25, 0.3) is 0 Å². The smallest absolute Gasteiger partial charge is 0.126 e. The first-order valence-electron chi connectivity index (χ1n) is 8.13. The first-order valence-corrected chi connectivity index (χ1v) is 8.13. The second kappa shape index (κ2) is 7.96. The highest BCUT2D eigenvalue weighted by molar-refractivity contribution is 5.64. The Bertz CT molecular complexity index is 867. The zero-order chi connectivity index (χ0) is 17.6. The van der Waals surface area contributed by atoms with Gasteiger partial charge in [-0.05, 0) is 66.4 Å². The fraction of sp³-hybridized carbons (Fsp3) is 0.200. The molecule has 1 aromatic carbocycles. The third-order valence-electron chi connectivity index (χ3n) is 4.02. The molecule has 3 rings (SSSR count). The molecule has 25 heavy (non-hydrogen) atoms. The fourth-order valence-corrected chi connectivity index (χ4v) is 2.77. The van der Waals surface area contributed by atoms with E-state index in [4.69, 9.17) is 5.11 Å². The lowest BCUT2D eigenvalue weighted by molar-refractivity contribution is 0.258. The average molecular weight is 337 g/mol. The summed E-state index contributed by atoms with van der Waals surface area (Å²) >= 11 is 0. The molecule has 0 radical (unpaired) electrons. The summed E-state index contributed by atoms with van der Waals surface area (Å²) in [5.41, 5.74) is 5.42. The molecule has 2 N–H and O–H groups in total. The molecule has 4 nitrogen and oxygen atoms in total. The van der Waals surface area contributed by atoms with Crippen LogP contribution in [0.15, 0.2) is 54.9 Å². The van der Waals surface area contributed by atoms with Crippen molar-refractivity contribution in [3.63, 3.8) is 0 Å². The number of nitrogens with one attached hydrogen (secondary N) is 1. The molecular formula is C20H20FN3O. The third kappa shape index (κ3) is 4.26. The van der Waals surface area contributed by atoms with Crippen LogP contribution < -0.4 is 5.32 Å². The standard InChI is InChI=1S/C20H20FN3O/c1-14-9-17(4-5-19(14)21)20-16(3-2-7-24-20)10-15-6-8-23-18(11-15)12-22-13-25/h2-9,11,22,25H,10,12-13H2,1H3. The number of benzene rings is 1. The molecule has 0 bridgehead atoms. The molecule has 0 saturated heterocycles. The van der Waals surface area contributed by atoms with Crippen LogP contribution in [0.1, 0.15) is 22.4 Å². The van der Waals surface area contributed by atoms with Crippen molar-refractivity contribution in [2.24, 2.45) is 0 Å². The van der Waals surface area contributed by atoms with Crippen LogP contribution in [0.2, 0.25) is 0 Å². The van der Waals surface area contributed by atoms with Gasteiger partial charge < -0.3 is 5.11 Å². The normalized spacial score (nSPS) is 10.8. The molecule has 0 aliphatic heterocycles. The predicted molar refractivity (Wildman–Crippen MR) is 95.3 cm³/mol. The van der Waals surface area contributed by atoms with Gasteiger partial charge in [0.15, 0.2) is 0 Å². The van der Waals surface area contributed by atoms with Gasteiger partial charge in [0.05, 0.1) is 18.1 Å². The number of aliphatic hydroxyl groups is 1. The minimum Gasteiger partial charge on any atom is -0.381 e. The minimum absolute atomic E-state index is 0.0808. The Morgan fingerprint density at radius 2 is 1.96 bits per heavy atom. The van der Waals surface area contributed by atoms with Gasteiger partial charge in [0, 0.05) is 24.5 Å². The molecule has 0 aliphatic rings. The number of nitrogens with zero attached hydrogens (tertiary/aromatic N) is 2. The Morgan fingerprint density at radius 3 is 2.76 bits per heavy atom. The topological polar surface area (TPSA) is 58.0 Å². The van der Waals surface area contributed by atoms with E-state index in [1.165, 1.54) is 6.07 Å². The third-order valence-corrected chi connectivity index (χ3v) is 4.02. The quantitative estimate of drug-likeness (QED) is 0.678. The maximum Gasteiger partial charge on any atom is 0.126 e. The van der Waals surface area contributed by atoms with E-state index < -0.39 is 0 Å². The van der Waals surface area contributed by atoms with E-state index in [0.29, 0.717) is 18.5 Å². The Kier molecular flexibility index (Phi) is 5.48. The van der Waals surface area contributed by atoms with Gasteiger partial charge in [-0.3, -0.25) is 15.3 Å². The highest BCUT2D eigenvalue weighted by Crippen LogP contribution is 2.25. The fourth-order valence-electron chi connectivity index (χ4n) is 2.77. The molecule has 0 aliphatic carbocycles. The van der Waals surface area contributed by atoms with Crippen LogP contribution in [0.3, 0.4) is 0 Å². The Hall–Kier alpha value is -2.63. The van der Waals surface area contributed by atoms with Gasteiger partial charge in [-0.15, -0.1) is 0 Å². The number of pyridine rings is 2. The van der Waals surface area contributed by atoms with E-state index in [9.17, 15) is 4.39 Å². The van der Waals surface area contributed by atoms with Crippen LogP contribution in [0.25, 0.3) is 11.3 Å². The van der Waals surface area contributed by atoms with Gasteiger partial charge >= 0.3 is 0 Å². The summed E-state index contributed by atoms with van der Waals surface area (Å²) in [4.78, 5) is 8.79. The molecule has 2 heterocycles. The lowest BCUT2D eigenvalue weighted by atomic mass is 9.98. The maximum absolute atomic E-state index is 13.6. The number of rotatable bonds is 6. The van der Waals surface area contributed by atoms with Gasteiger partial charge in [-0.25, -0.2) is 4.39 Å². The number of halogens is 1. The van der Waals surface area contributed by atoms with Crippen molar-refractivity contribution < 1.29 is 9.50 Å². The highest BCUT2D eigenvalue weighted by Gasteiger charge is 2.09. The summed E-state index contributed by atoms with van der Waals surface area (Å²) in [7, 11) is 0. The Morgan fingerprint density at radius 1 is 1.08 bits per heavy atom. The van der Waals surface area contributed by atoms with Crippen molar-refractivity contribution >= 4 is 0 Å². The molecule has 0 saturated carbocycles. The predicted octanol–water partition coefficient (Wildman–Crippen LogP) is 3.22. The van der Waals surface area contributed by atoms with Gasteiger partial charge in [-0.1, -0.05) is 6.07 Å². The summed E-state index contributed by atoms with van der Waals surface area (Å²) in [5, 5.41) is 11.7. The van der Waals surface area contributed by atoms with Gasteiger partial charge in [0.2, 0.25) is 0 Å². The maximum atomic E-state index is 13.6. The van der Waals surface area contributed by atoms with E-state index in [2.05, 4.69) is 15.3 Å². The number of aryl methyl sites for hydroxylation is 1. The summed E-state index contributed by atoms with van der Waals surface area (Å²) < 4.78 is 13.6. The van der Waals surface area contributed by atoms with Crippen LogP contribution in [-0.4, -0.2) is 21.8 Å². The van der Waals surface area contributed by atoms with Crippen molar-refractivity contribution in [1.29, 1.82) is 0 Å². The van der Waals surface area contributed by atoms with Crippen LogP contribution in [0.5, 0.6) is 0 Å². The molecule has 128 valence electrons. The van der Waals surface area contributed by atoms with Crippen LogP contribution in [-0.2, 0) is 13.0 Å². The van der Waals surface area contributed by atoms with Crippen LogP contribution >= 0.6 is 0 Å². The van der Waals surface area contributed by atoms with E-state index >= 15 is 0 Å². The second-order valence-electron chi connectivity index (χ2n) is 5.89. The molecule has 5 heteroatoms. The van der Waals surface area contributed by atoms with Crippen molar-refractivity contribution in [3.05, 3.63) is 83.1 Å². The first-order chi connectivity index (χ1) is 12.2. The number of hydrogen-bond acceptors (Lipinski definition) is 4. The van der Waals surface area contributed by atoms with E-state index in [1.807, 2.05) is 30.3 Å². The largest absolute Gasteiger partial charge is 0.381 e. The monoisotopic (exact) mass is 337 g/mol. The molecule has 0 amide bonds. The molecule has 3 aromatic rings. The van der Waals surface area contributed by atoms with E-state index in [-0.39, 0.29) is 12.5 Å². The van der Waals surface area contributed by atoms with Crippen molar-refractivity contribution in [3.8, 4) is 11.3 Å². The van der Waals surface area contributed by atoms with Gasteiger partial charge in [0.1, 0.15) is 5.82 Å². The molecule has 0 atom stereocenters. The molecule has 2 aromatic heterocycles. The molecule has 0 spiro atoms. The summed E-state index contributed by atoms with van der Waals surface area (Å²) in [6, 6.07) is 13.0. The molecule has 0 unspecified atom stereocenters. The average Bonchev–Trinajstić information content (AvgIpc) is 2.63. The highest BCUT2D eigenvalue weighted by atomic mass is 19.1. The van der Waals surface area contributed by atoms with Gasteiger partial charge in [-0.2, -0.15) is 0 Å². The molecule has 0 fully saturated rings. The Balaban J connectivity index is 1.90. The van der Waals surface area contributed by atoms with Crippen molar-refractivity contribution in [2.45, 2.75) is 19.9 Å². The zero-order valence-electron chi connectivity index (χ0n) is 14.0.